The number of aromatic nitrogens is 2. The minimum absolute atomic E-state index is 0.0458. The summed E-state index contributed by atoms with van der Waals surface area (Å²) in [7, 11) is 0. The number of amides is 1. The standard InChI is InChI=1S/C19H23N3O4S/c23-17(24)10-14-11-27-8-7-21(14)18(25)12-5-6-16-15(9-12)20-19(26)22(16)13-3-1-2-4-13/h5-6,9,13-14H,1-4,7-8,10-11H2,(H,20,26)(H,23,24). The number of fused-ring (bicyclic) bond motifs is 1. The Labute approximate surface area is 160 Å². The fourth-order valence-corrected chi connectivity index (χ4v) is 5.31. The Hall–Kier alpha value is -2.22. The van der Waals surface area contributed by atoms with Crippen LogP contribution in [0, 0.1) is 0 Å². The van der Waals surface area contributed by atoms with E-state index in [0.717, 1.165) is 37.0 Å². The number of imidazole rings is 1. The van der Waals surface area contributed by atoms with Crippen molar-refractivity contribution in [1.29, 1.82) is 0 Å². The molecular weight excluding hydrogens is 366 g/mol. The number of hydrogen-bond donors (Lipinski definition) is 2. The second-order valence-corrected chi connectivity index (χ2v) is 8.45. The molecule has 0 radical (unpaired) electrons. The summed E-state index contributed by atoms with van der Waals surface area (Å²) in [4.78, 5) is 41.1. The number of H-pyrrole nitrogens is 1. The van der Waals surface area contributed by atoms with Crippen LogP contribution in [0.1, 0.15) is 48.5 Å². The molecule has 2 aromatic rings. The smallest absolute Gasteiger partial charge is 0.326 e. The third-order valence-electron chi connectivity index (χ3n) is 5.55. The number of nitrogens with zero attached hydrogens (tertiary/aromatic N) is 2. The summed E-state index contributed by atoms with van der Waals surface area (Å²) in [5, 5.41) is 9.12. The molecule has 144 valence electrons. The van der Waals surface area contributed by atoms with Crippen molar-refractivity contribution < 1.29 is 14.7 Å². The number of aliphatic carboxylic acids is 1. The molecule has 1 aliphatic carbocycles. The van der Waals surface area contributed by atoms with Crippen molar-refractivity contribution in [3.05, 3.63) is 34.2 Å². The Kier molecular flexibility index (Phi) is 4.99. The molecule has 1 amide bonds. The third kappa shape index (κ3) is 3.50. The van der Waals surface area contributed by atoms with Gasteiger partial charge in [-0.1, -0.05) is 12.8 Å². The van der Waals surface area contributed by atoms with Gasteiger partial charge in [0.05, 0.1) is 23.5 Å². The predicted octanol–water partition coefficient (Wildman–Crippen LogP) is 2.48. The van der Waals surface area contributed by atoms with Crippen LogP contribution in [0.15, 0.2) is 23.0 Å². The van der Waals surface area contributed by atoms with Crippen LogP contribution in [-0.2, 0) is 4.79 Å². The number of carbonyl (C=O) groups excluding carboxylic acids is 1. The normalized spacial score (nSPS) is 21.0. The van der Waals surface area contributed by atoms with E-state index >= 15 is 0 Å². The first-order chi connectivity index (χ1) is 13.0. The minimum Gasteiger partial charge on any atom is -0.481 e. The van der Waals surface area contributed by atoms with E-state index in [1.165, 1.54) is 0 Å². The van der Waals surface area contributed by atoms with Crippen LogP contribution in [0.4, 0.5) is 0 Å². The zero-order valence-corrected chi connectivity index (χ0v) is 15.8. The zero-order valence-electron chi connectivity index (χ0n) is 15.0. The topological polar surface area (TPSA) is 95.4 Å². The molecule has 2 aliphatic rings. The van der Waals surface area contributed by atoms with E-state index < -0.39 is 5.97 Å². The molecule has 2 fully saturated rings. The van der Waals surface area contributed by atoms with E-state index in [9.17, 15) is 14.4 Å². The van der Waals surface area contributed by atoms with Crippen molar-refractivity contribution in [2.24, 2.45) is 0 Å². The molecule has 0 spiro atoms. The average Bonchev–Trinajstić information content (AvgIpc) is 3.27. The first kappa shape index (κ1) is 18.2. The SMILES string of the molecule is O=C(O)CC1CSCCN1C(=O)c1ccc2c(c1)[nH]c(=O)n2C1CCCC1. The lowest BCUT2D eigenvalue weighted by Gasteiger charge is -2.34. The molecule has 0 bridgehead atoms. The van der Waals surface area contributed by atoms with Crippen LogP contribution in [-0.4, -0.2) is 55.5 Å². The van der Waals surface area contributed by atoms with Gasteiger partial charge in [-0.2, -0.15) is 11.8 Å². The van der Waals surface area contributed by atoms with Crippen molar-refractivity contribution in [2.45, 2.75) is 44.2 Å². The average molecular weight is 389 g/mol. The Morgan fingerprint density at radius 1 is 1.26 bits per heavy atom. The molecule has 1 saturated heterocycles. The van der Waals surface area contributed by atoms with Crippen LogP contribution in [0.25, 0.3) is 11.0 Å². The fraction of sp³-hybridized carbons (Fsp3) is 0.526. The number of benzene rings is 1. The maximum atomic E-state index is 13.0. The largest absolute Gasteiger partial charge is 0.481 e. The zero-order chi connectivity index (χ0) is 19.0. The van der Waals surface area contributed by atoms with Crippen LogP contribution in [0.3, 0.4) is 0 Å². The van der Waals surface area contributed by atoms with Gasteiger partial charge < -0.3 is 15.0 Å². The Morgan fingerprint density at radius 2 is 2.04 bits per heavy atom. The highest BCUT2D eigenvalue weighted by molar-refractivity contribution is 7.99. The fourth-order valence-electron chi connectivity index (χ4n) is 4.25. The summed E-state index contributed by atoms with van der Waals surface area (Å²) in [5.41, 5.74) is 1.86. The van der Waals surface area contributed by atoms with Crippen molar-refractivity contribution in [3.8, 4) is 0 Å². The molecule has 1 aromatic heterocycles. The van der Waals surface area contributed by atoms with Gasteiger partial charge >= 0.3 is 11.7 Å². The lowest BCUT2D eigenvalue weighted by molar-refractivity contribution is -0.138. The summed E-state index contributed by atoms with van der Waals surface area (Å²) in [6, 6.07) is 5.25. The van der Waals surface area contributed by atoms with Crippen LogP contribution in [0.5, 0.6) is 0 Å². The molecule has 1 aromatic carbocycles. The van der Waals surface area contributed by atoms with E-state index in [1.54, 1.807) is 28.8 Å². The van der Waals surface area contributed by atoms with Gasteiger partial charge in [-0.3, -0.25) is 14.2 Å². The van der Waals surface area contributed by atoms with Crippen LogP contribution in [0.2, 0.25) is 0 Å². The quantitative estimate of drug-likeness (QED) is 0.838. The summed E-state index contributed by atoms with van der Waals surface area (Å²) >= 11 is 1.68. The van der Waals surface area contributed by atoms with Gasteiger partial charge in [-0.25, -0.2) is 4.79 Å². The minimum atomic E-state index is -0.895. The molecule has 1 atom stereocenters. The van der Waals surface area contributed by atoms with Crippen LogP contribution < -0.4 is 5.69 Å². The highest BCUT2D eigenvalue weighted by Crippen LogP contribution is 2.31. The van der Waals surface area contributed by atoms with Gasteiger partial charge in [0.1, 0.15) is 0 Å². The Morgan fingerprint density at radius 3 is 2.78 bits per heavy atom. The van der Waals surface area contributed by atoms with Crippen molar-refractivity contribution in [2.75, 3.05) is 18.1 Å². The van der Waals surface area contributed by atoms with E-state index in [0.29, 0.717) is 23.4 Å². The molecule has 2 N–H and O–H groups in total. The lowest BCUT2D eigenvalue weighted by atomic mass is 10.1. The summed E-state index contributed by atoms with van der Waals surface area (Å²) in [6.45, 7) is 0.541. The number of carboxylic acid groups (broad SMARTS) is 1. The van der Waals surface area contributed by atoms with Crippen molar-refractivity contribution in [1.82, 2.24) is 14.5 Å². The molecule has 1 saturated carbocycles. The number of nitrogens with one attached hydrogen (secondary N) is 1. The maximum absolute atomic E-state index is 13.0. The predicted molar refractivity (Wildman–Crippen MR) is 104 cm³/mol. The second kappa shape index (κ2) is 7.42. The Bertz CT molecular complexity index is 929. The Balaban J connectivity index is 1.64. The van der Waals surface area contributed by atoms with Gasteiger partial charge in [0.15, 0.2) is 0 Å². The molecule has 1 unspecified atom stereocenters. The molecule has 1 aliphatic heterocycles. The number of hydrogen-bond acceptors (Lipinski definition) is 4. The van der Waals surface area contributed by atoms with E-state index in [-0.39, 0.29) is 30.1 Å². The lowest BCUT2D eigenvalue weighted by Crippen LogP contribution is -2.47. The van der Waals surface area contributed by atoms with Gasteiger partial charge in [-0.05, 0) is 31.0 Å². The first-order valence-corrected chi connectivity index (χ1v) is 10.5. The number of thioether (sulfide) groups is 1. The molecule has 4 rings (SSSR count). The van der Waals surface area contributed by atoms with Crippen LogP contribution >= 0.6 is 11.8 Å². The van der Waals surface area contributed by atoms with E-state index in [2.05, 4.69) is 4.98 Å². The molecule has 2 heterocycles. The highest BCUT2D eigenvalue weighted by Gasteiger charge is 2.30. The van der Waals surface area contributed by atoms with Gasteiger partial charge in [0.25, 0.3) is 5.91 Å². The number of carbonyl (C=O) groups is 2. The van der Waals surface area contributed by atoms with Crippen molar-refractivity contribution in [3.63, 3.8) is 0 Å². The number of rotatable bonds is 4. The monoisotopic (exact) mass is 389 g/mol. The maximum Gasteiger partial charge on any atom is 0.326 e. The van der Waals surface area contributed by atoms with Gasteiger partial charge in [0.2, 0.25) is 0 Å². The number of aromatic amines is 1. The van der Waals surface area contributed by atoms with Gasteiger partial charge in [0, 0.05) is 29.7 Å². The highest BCUT2D eigenvalue weighted by atomic mass is 32.2. The van der Waals surface area contributed by atoms with Gasteiger partial charge in [-0.15, -0.1) is 0 Å². The van der Waals surface area contributed by atoms with Crippen molar-refractivity contribution >= 4 is 34.7 Å². The molecule has 27 heavy (non-hydrogen) atoms. The summed E-state index contributed by atoms with van der Waals surface area (Å²) in [5.74, 6) is 0.375. The molecular formula is C19H23N3O4S. The summed E-state index contributed by atoms with van der Waals surface area (Å²) in [6.07, 6.45) is 4.25. The van der Waals surface area contributed by atoms with E-state index in [1.807, 2.05) is 10.6 Å². The first-order valence-electron chi connectivity index (χ1n) is 9.39. The molecule has 8 heteroatoms. The molecule has 7 nitrogen and oxygen atoms in total. The third-order valence-corrected chi connectivity index (χ3v) is 6.64. The second-order valence-electron chi connectivity index (χ2n) is 7.30. The number of carboxylic acids is 1. The summed E-state index contributed by atoms with van der Waals surface area (Å²) < 4.78 is 1.82. The van der Waals surface area contributed by atoms with E-state index in [4.69, 9.17) is 5.11 Å².